The molecule has 13 heavy (non-hydrogen) atoms. The molecule has 0 bridgehead atoms. The monoisotopic (exact) mass is 169 g/mol. The summed E-state index contributed by atoms with van der Waals surface area (Å²) in [7, 11) is 5.64. The normalized spacial score (nSPS) is 10.2. The lowest BCUT2D eigenvalue weighted by molar-refractivity contribution is 1.33. The second kappa shape index (κ2) is 2.97. The van der Waals surface area contributed by atoms with Gasteiger partial charge in [0.05, 0.1) is 11.9 Å². The molecule has 1 aromatic heterocycles. The van der Waals surface area contributed by atoms with Crippen LogP contribution in [0.4, 0.5) is 5.95 Å². The van der Waals surface area contributed by atoms with Gasteiger partial charge in [-0.1, -0.05) is 29.7 Å². The molecule has 0 unspecified atom stereocenters. The first kappa shape index (κ1) is 7.92. The number of nitrogens with one attached hydrogen (secondary N) is 1. The zero-order chi connectivity index (χ0) is 9.26. The molecule has 0 spiro atoms. The first-order valence-corrected chi connectivity index (χ1v) is 3.92. The largest absolute Gasteiger partial charge is 0.369 e. The number of nitrogens with two attached hydrogens (primary N) is 1. The summed E-state index contributed by atoms with van der Waals surface area (Å²) in [6.45, 7) is 0. The fraction of sp³-hybridized carbons (Fsp3) is 0. The Morgan fingerprint density at radius 1 is 1.38 bits per heavy atom. The average molecular weight is 169 g/mol. The van der Waals surface area contributed by atoms with Crippen LogP contribution >= 0.6 is 0 Å². The van der Waals surface area contributed by atoms with Gasteiger partial charge in [0, 0.05) is 0 Å². The van der Waals surface area contributed by atoms with Gasteiger partial charge < -0.3 is 10.7 Å². The van der Waals surface area contributed by atoms with Crippen molar-refractivity contribution in [2.24, 2.45) is 0 Å². The van der Waals surface area contributed by atoms with Crippen LogP contribution in [0.1, 0.15) is 0 Å². The van der Waals surface area contributed by atoms with E-state index in [0.29, 0.717) is 5.95 Å². The van der Waals surface area contributed by atoms with E-state index in [9.17, 15) is 0 Å². The molecule has 2 rings (SSSR count). The molecule has 1 aromatic carbocycles. The Balaban J connectivity index is 2.46. The highest BCUT2D eigenvalue weighted by Crippen LogP contribution is 2.15. The Hall–Kier alpha value is -1.71. The molecule has 0 aliphatic rings. The van der Waals surface area contributed by atoms with Crippen LogP contribution < -0.4 is 11.2 Å². The predicted molar refractivity (Wildman–Crippen MR) is 53.8 cm³/mol. The topological polar surface area (TPSA) is 54.7 Å². The maximum absolute atomic E-state index is 5.64. The third kappa shape index (κ3) is 1.56. The predicted octanol–water partition coefficient (Wildman–Crippen LogP) is 0.453. The molecule has 0 aliphatic heterocycles. The van der Waals surface area contributed by atoms with Crippen LogP contribution in [0.25, 0.3) is 11.3 Å². The smallest absolute Gasteiger partial charge is 0.197 e. The minimum atomic E-state index is 0.414. The van der Waals surface area contributed by atoms with Crippen molar-refractivity contribution in [1.29, 1.82) is 0 Å². The van der Waals surface area contributed by atoms with E-state index >= 15 is 0 Å². The molecule has 0 amide bonds. The van der Waals surface area contributed by atoms with Gasteiger partial charge in [-0.05, 0) is 5.56 Å². The minimum absolute atomic E-state index is 0.414. The number of hydrogen-bond acceptors (Lipinski definition) is 2. The minimum Gasteiger partial charge on any atom is -0.369 e. The fourth-order valence-corrected chi connectivity index (χ4v) is 1.19. The van der Waals surface area contributed by atoms with Crippen LogP contribution in [0.15, 0.2) is 30.5 Å². The molecule has 4 heteroatoms. The van der Waals surface area contributed by atoms with Gasteiger partial charge in [-0.25, -0.2) is 4.98 Å². The van der Waals surface area contributed by atoms with Crippen molar-refractivity contribution in [3.8, 4) is 11.3 Å². The Bertz CT molecular complexity index is 422. The third-order valence-electron chi connectivity index (χ3n) is 1.79. The average Bonchev–Trinajstić information content (AvgIpc) is 2.52. The van der Waals surface area contributed by atoms with Crippen molar-refractivity contribution >= 4 is 19.3 Å². The van der Waals surface area contributed by atoms with Crippen LogP contribution in [-0.4, -0.2) is 17.8 Å². The van der Waals surface area contributed by atoms with Crippen molar-refractivity contribution < 1.29 is 0 Å². The molecule has 62 valence electrons. The van der Waals surface area contributed by atoms with Gasteiger partial charge in [-0.15, -0.1) is 0 Å². The molecule has 2 aromatic rings. The van der Waals surface area contributed by atoms with E-state index in [4.69, 9.17) is 13.6 Å². The van der Waals surface area contributed by atoms with Gasteiger partial charge in [-0.2, -0.15) is 0 Å². The first-order valence-electron chi connectivity index (χ1n) is 3.92. The van der Waals surface area contributed by atoms with Crippen molar-refractivity contribution in [3.05, 3.63) is 30.5 Å². The fourth-order valence-electron chi connectivity index (χ4n) is 1.19. The van der Waals surface area contributed by atoms with Crippen molar-refractivity contribution in [2.45, 2.75) is 0 Å². The number of anilines is 1. The van der Waals surface area contributed by atoms with E-state index in [0.717, 1.165) is 16.7 Å². The van der Waals surface area contributed by atoms with E-state index in [1.54, 1.807) is 6.20 Å². The number of imidazole rings is 1. The van der Waals surface area contributed by atoms with E-state index in [2.05, 4.69) is 9.97 Å². The molecule has 2 radical (unpaired) electrons. The molecule has 0 saturated carbocycles. The molecule has 0 atom stereocenters. The highest BCUT2D eigenvalue weighted by atomic mass is 15.0. The first-order chi connectivity index (χ1) is 6.25. The summed E-state index contributed by atoms with van der Waals surface area (Å²) in [5.74, 6) is 0.414. The van der Waals surface area contributed by atoms with Crippen molar-refractivity contribution in [2.75, 3.05) is 5.73 Å². The lowest BCUT2D eigenvalue weighted by Gasteiger charge is -1.98. The second-order valence-corrected chi connectivity index (χ2v) is 2.81. The molecule has 0 fully saturated rings. The van der Waals surface area contributed by atoms with E-state index in [1.165, 1.54) is 0 Å². The molecule has 1 heterocycles. The van der Waals surface area contributed by atoms with Crippen molar-refractivity contribution in [3.63, 3.8) is 0 Å². The standard InChI is InChI=1S/C9H8BN3/c10-7-3-1-2-6(4-7)8-5-12-9(11)13-8/h1-5H,(H3,11,12,13). The molecular weight excluding hydrogens is 161 g/mol. The number of hydrogen-bond donors (Lipinski definition) is 2. The zero-order valence-corrected chi connectivity index (χ0v) is 6.99. The lowest BCUT2D eigenvalue weighted by Crippen LogP contribution is -2.00. The van der Waals surface area contributed by atoms with Gasteiger partial charge in [0.25, 0.3) is 0 Å². The summed E-state index contributed by atoms with van der Waals surface area (Å²) >= 11 is 0. The van der Waals surface area contributed by atoms with Crippen LogP contribution in [0.5, 0.6) is 0 Å². The zero-order valence-electron chi connectivity index (χ0n) is 6.99. The van der Waals surface area contributed by atoms with Crippen LogP contribution in [0, 0.1) is 0 Å². The number of H-pyrrole nitrogens is 1. The van der Waals surface area contributed by atoms with Gasteiger partial charge in [0.1, 0.15) is 7.85 Å². The number of aromatic nitrogens is 2. The van der Waals surface area contributed by atoms with Gasteiger partial charge in [0.15, 0.2) is 5.95 Å². The van der Waals surface area contributed by atoms with E-state index < -0.39 is 0 Å². The van der Waals surface area contributed by atoms with Crippen molar-refractivity contribution in [1.82, 2.24) is 9.97 Å². The van der Waals surface area contributed by atoms with Gasteiger partial charge >= 0.3 is 0 Å². The number of aromatic amines is 1. The quantitative estimate of drug-likeness (QED) is 0.609. The Morgan fingerprint density at radius 2 is 2.23 bits per heavy atom. The highest BCUT2D eigenvalue weighted by molar-refractivity contribution is 6.32. The summed E-state index contributed by atoms with van der Waals surface area (Å²) in [6.07, 6.45) is 1.68. The molecule has 0 aliphatic carbocycles. The van der Waals surface area contributed by atoms with Gasteiger partial charge in [-0.3, -0.25) is 0 Å². The summed E-state index contributed by atoms with van der Waals surface area (Å²) in [4.78, 5) is 6.83. The SMILES string of the molecule is [B]c1cccc(-c2cnc(N)[nH]2)c1. The highest BCUT2D eigenvalue weighted by Gasteiger charge is 1.99. The van der Waals surface area contributed by atoms with E-state index in [1.807, 2.05) is 24.3 Å². The van der Waals surface area contributed by atoms with E-state index in [-0.39, 0.29) is 0 Å². The molecule has 3 N–H and O–H groups in total. The molecular formula is C9H8BN3. The number of nitrogens with zero attached hydrogens (tertiary/aromatic N) is 1. The van der Waals surface area contributed by atoms with Crippen LogP contribution in [0.2, 0.25) is 0 Å². The number of benzene rings is 1. The lowest BCUT2D eigenvalue weighted by atomic mass is 9.94. The molecule has 0 saturated heterocycles. The summed E-state index contributed by atoms with van der Waals surface area (Å²) in [5, 5.41) is 0. The third-order valence-corrected chi connectivity index (χ3v) is 1.79. The Kier molecular flexibility index (Phi) is 1.81. The Labute approximate surface area is 77.4 Å². The van der Waals surface area contributed by atoms with Crippen LogP contribution in [-0.2, 0) is 0 Å². The summed E-state index contributed by atoms with van der Waals surface area (Å²) in [5.41, 5.74) is 8.05. The summed E-state index contributed by atoms with van der Waals surface area (Å²) < 4.78 is 0. The second-order valence-electron chi connectivity index (χ2n) is 2.81. The summed E-state index contributed by atoms with van der Waals surface area (Å²) in [6, 6.07) is 7.54. The number of rotatable bonds is 1. The maximum Gasteiger partial charge on any atom is 0.197 e. The Morgan fingerprint density at radius 3 is 2.85 bits per heavy atom. The maximum atomic E-state index is 5.64. The van der Waals surface area contributed by atoms with Gasteiger partial charge in [0.2, 0.25) is 0 Å². The number of nitrogen functional groups attached to an aromatic ring is 1. The molecule has 3 nitrogen and oxygen atoms in total. The van der Waals surface area contributed by atoms with Crippen LogP contribution in [0.3, 0.4) is 0 Å².